The summed E-state index contributed by atoms with van der Waals surface area (Å²) in [5.74, 6) is -0.362. The highest BCUT2D eigenvalue weighted by molar-refractivity contribution is 6.13. The molecular formula is C23H18O2. The monoisotopic (exact) mass is 326 g/mol. The number of Topliss-reactive ketones (excluding diaryl/α,β-unsaturated/α-hetero) is 1. The molecule has 3 aromatic rings. The Kier molecular flexibility index (Phi) is 5.32. The Morgan fingerprint density at radius 1 is 0.600 bits per heavy atom. The van der Waals surface area contributed by atoms with Gasteiger partial charge in [-0.3, -0.25) is 9.59 Å². The van der Waals surface area contributed by atoms with E-state index < -0.39 is 0 Å². The Morgan fingerprint density at radius 3 is 1.44 bits per heavy atom. The maximum absolute atomic E-state index is 12.5. The van der Waals surface area contributed by atoms with Crippen LogP contribution >= 0.6 is 0 Å². The van der Waals surface area contributed by atoms with E-state index in [2.05, 4.69) is 0 Å². The van der Waals surface area contributed by atoms with E-state index in [9.17, 15) is 9.59 Å². The van der Waals surface area contributed by atoms with E-state index in [-0.39, 0.29) is 18.0 Å². The lowest BCUT2D eigenvalue weighted by Crippen LogP contribution is -2.06. The van der Waals surface area contributed by atoms with Crippen molar-refractivity contribution in [3.8, 4) is 0 Å². The average Bonchev–Trinajstić information content (AvgIpc) is 2.68. The van der Waals surface area contributed by atoms with Crippen LogP contribution in [0.2, 0.25) is 0 Å². The number of allylic oxidation sites excluding steroid dienone is 1. The van der Waals surface area contributed by atoms with Crippen molar-refractivity contribution >= 4 is 17.1 Å². The van der Waals surface area contributed by atoms with Crippen molar-refractivity contribution in [3.05, 3.63) is 114 Å². The van der Waals surface area contributed by atoms with Gasteiger partial charge in [-0.15, -0.1) is 0 Å². The first kappa shape index (κ1) is 16.6. The van der Waals surface area contributed by atoms with E-state index in [1.165, 1.54) is 0 Å². The molecule has 3 rings (SSSR count). The predicted molar refractivity (Wildman–Crippen MR) is 100 cm³/mol. The van der Waals surface area contributed by atoms with Gasteiger partial charge < -0.3 is 0 Å². The number of rotatable bonds is 6. The first-order valence-corrected chi connectivity index (χ1v) is 8.17. The van der Waals surface area contributed by atoms with Gasteiger partial charge in [0.2, 0.25) is 0 Å². The molecule has 25 heavy (non-hydrogen) atoms. The molecule has 2 nitrogen and oxygen atoms in total. The van der Waals surface area contributed by atoms with Crippen LogP contribution in [-0.4, -0.2) is 11.6 Å². The zero-order valence-corrected chi connectivity index (χ0v) is 13.8. The van der Waals surface area contributed by atoms with Gasteiger partial charge in [0, 0.05) is 5.56 Å². The SMILES string of the molecule is O=C(C=C(c1ccccc1)c1ccccc1)CC(=O)c1ccccc1. The molecule has 0 aliphatic carbocycles. The Labute approximate surface area is 147 Å². The van der Waals surface area contributed by atoms with Crippen molar-refractivity contribution in [2.45, 2.75) is 6.42 Å². The van der Waals surface area contributed by atoms with Crippen molar-refractivity contribution < 1.29 is 9.59 Å². The van der Waals surface area contributed by atoms with Gasteiger partial charge in [-0.05, 0) is 22.8 Å². The van der Waals surface area contributed by atoms with Crippen molar-refractivity contribution in [1.82, 2.24) is 0 Å². The fourth-order valence-electron chi connectivity index (χ4n) is 2.67. The molecule has 122 valence electrons. The maximum Gasteiger partial charge on any atom is 0.170 e. The van der Waals surface area contributed by atoms with E-state index in [0.29, 0.717) is 5.56 Å². The van der Waals surface area contributed by atoms with E-state index in [1.807, 2.05) is 66.7 Å². The highest BCUT2D eigenvalue weighted by Crippen LogP contribution is 2.23. The standard InChI is InChI=1S/C23H18O2/c24-21(17-23(25)20-14-8-3-9-15-20)16-22(18-10-4-1-5-11-18)19-12-6-2-7-13-19/h1-16H,17H2. The number of hydrogen-bond acceptors (Lipinski definition) is 2. The van der Waals surface area contributed by atoms with Crippen LogP contribution < -0.4 is 0 Å². The number of ketones is 2. The molecule has 0 heterocycles. The lowest BCUT2D eigenvalue weighted by Gasteiger charge is -2.08. The van der Waals surface area contributed by atoms with E-state index in [1.54, 1.807) is 30.3 Å². The minimum atomic E-state index is -0.198. The van der Waals surface area contributed by atoms with Gasteiger partial charge in [0.1, 0.15) is 0 Å². The number of carbonyl (C=O) groups is 2. The largest absolute Gasteiger partial charge is 0.294 e. The van der Waals surface area contributed by atoms with Crippen LogP contribution in [0.3, 0.4) is 0 Å². The van der Waals surface area contributed by atoms with Gasteiger partial charge >= 0.3 is 0 Å². The zero-order chi connectivity index (χ0) is 17.5. The smallest absolute Gasteiger partial charge is 0.170 e. The molecule has 0 fully saturated rings. The molecule has 0 unspecified atom stereocenters. The van der Waals surface area contributed by atoms with Crippen LogP contribution in [0.15, 0.2) is 97.1 Å². The average molecular weight is 326 g/mol. The van der Waals surface area contributed by atoms with Crippen LogP contribution in [0.5, 0.6) is 0 Å². The molecule has 0 aliphatic rings. The van der Waals surface area contributed by atoms with Crippen molar-refractivity contribution in [2.75, 3.05) is 0 Å². The Balaban J connectivity index is 1.88. The molecule has 0 radical (unpaired) electrons. The summed E-state index contributed by atoms with van der Waals surface area (Å²) in [4.78, 5) is 24.7. The summed E-state index contributed by atoms with van der Waals surface area (Å²) in [6.07, 6.45) is 1.44. The Bertz CT molecular complexity index is 838. The summed E-state index contributed by atoms with van der Waals surface area (Å²) < 4.78 is 0. The fourth-order valence-corrected chi connectivity index (χ4v) is 2.67. The lowest BCUT2D eigenvalue weighted by atomic mass is 9.95. The van der Waals surface area contributed by atoms with E-state index >= 15 is 0 Å². The van der Waals surface area contributed by atoms with Crippen LogP contribution in [0.4, 0.5) is 0 Å². The molecule has 3 aromatic carbocycles. The highest BCUT2D eigenvalue weighted by atomic mass is 16.1. The van der Waals surface area contributed by atoms with Gasteiger partial charge in [-0.2, -0.15) is 0 Å². The zero-order valence-electron chi connectivity index (χ0n) is 13.8. The van der Waals surface area contributed by atoms with Crippen LogP contribution in [-0.2, 0) is 4.79 Å². The summed E-state index contributed by atoms with van der Waals surface area (Å²) in [6, 6.07) is 28.4. The summed E-state index contributed by atoms with van der Waals surface area (Å²) >= 11 is 0. The second-order valence-electron chi connectivity index (χ2n) is 5.72. The van der Waals surface area contributed by atoms with Crippen LogP contribution in [0.1, 0.15) is 27.9 Å². The Morgan fingerprint density at radius 2 is 1.00 bits per heavy atom. The van der Waals surface area contributed by atoms with E-state index in [0.717, 1.165) is 16.7 Å². The third-order valence-electron chi connectivity index (χ3n) is 3.91. The van der Waals surface area contributed by atoms with Gasteiger partial charge in [0.15, 0.2) is 11.6 Å². The number of hydrogen-bond donors (Lipinski definition) is 0. The van der Waals surface area contributed by atoms with Crippen molar-refractivity contribution in [2.24, 2.45) is 0 Å². The second kappa shape index (κ2) is 8.02. The number of carbonyl (C=O) groups excluding carboxylic acids is 2. The molecule has 0 atom stereocenters. The van der Waals surface area contributed by atoms with E-state index in [4.69, 9.17) is 0 Å². The first-order chi connectivity index (χ1) is 12.2. The molecule has 0 N–H and O–H groups in total. The fraction of sp³-hybridized carbons (Fsp3) is 0.0435. The molecule has 0 amide bonds. The molecule has 0 spiro atoms. The van der Waals surface area contributed by atoms with Crippen molar-refractivity contribution in [1.29, 1.82) is 0 Å². The van der Waals surface area contributed by atoms with Crippen molar-refractivity contribution in [3.63, 3.8) is 0 Å². The topological polar surface area (TPSA) is 34.1 Å². The van der Waals surface area contributed by atoms with Gasteiger partial charge in [0.05, 0.1) is 6.42 Å². The molecule has 0 aliphatic heterocycles. The second-order valence-corrected chi connectivity index (χ2v) is 5.72. The highest BCUT2D eigenvalue weighted by Gasteiger charge is 2.12. The lowest BCUT2D eigenvalue weighted by molar-refractivity contribution is -0.113. The Hall–Kier alpha value is -3.26. The normalized spacial score (nSPS) is 10.1. The molecule has 2 heteroatoms. The summed E-state index contributed by atoms with van der Waals surface area (Å²) in [5.41, 5.74) is 3.29. The predicted octanol–water partition coefficient (Wildman–Crippen LogP) is 4.96. The maximum atomic E-state index is 12.5. The minimum Gasteiger partial charge on any atom is -0.294 e. The quantitative estimate of drug-likeness (QED) is 0.364. The minimum absolute atomic E-state index is 0.132. The molecule has 0 saturated heterocycles. The third-order valence-corrected chi connectivity index (χ3v) is 3.91. The van der Waals surface area contributed by atoms with Crippen LogP contribution in [0, 0.1) is 0 Å². The number of benzene rings is 3. The summed E-state index contributed by atoms with van der Waals surface area (Å²) in [5, 5.41) is 0. The molecule has 0 aromatic heterocycles. The summed E-state index contributed by atoms with van der Waals surface area (Å²) in [6.45, 7) is 0. The van der Waals surface area contributed by atoms with Gasteiger partial charge in [0.25, 0.3) is 0 Å². The summed E-state index contributed by atoms with van der Waals surface area (Å²) in [7, 11) is 0. The third kappa shape index (κ3) is 4.39. The molecule has 0 bridgehead atoms. The van der Waals surface area contributed by atoms with Crippen LogP contribution in [0.25, 0.3) is 5.57 Å². The molecule has 0 saturated carbocycles. The van der Waals surface area contributed by atoms with Gasteiger partial charge in [-0.1, -0.05) is 91.0 Å². The first-order valence-electron chi connectivity index (χ1n) is 8.17. The molecular weight excluding hydrogens is 308 g/mol. The van der Waals surface area contributed by atoms with Gasteiger partial charge in [-0.25, -0.2) is 0 Å².